The van der Waals surface area contributed by atoms with Crippen LogP contribution in [-0.4, -0.2) is 32.2 Å². The van der Waals surface area contributed by atoms with Crippen molar-refractivity contribution in [1.29, 1.82) is 0 Å². The predicted octanol–water partition coefficient (Wildman–Crippen LogP) is 1.54. The van der Waals surface area contributed by atoms with Crippen LogP contribution in [0.4, 0.5) is 10.1 Å². The second-order valence-corrected chi connectivity index (χ2v) is 4.51. The standard InChI is InChI=1S/C13H17FN2O2/c1-18-13(17)9-6-10(14)8-12(7-9)16-4-2-11(15)3-5-16/h6-8,11H,2-5,15H2,1H3. The SMILES string of the molecule is COC(=O)c1cc(F)cc(N2CCC(N)CC2)c1. The van der Waals surface area contributed by atoms with E-state index in [0.29, 0.717) is 5.69 Å². The number of nitrogens with two attached hydrogens (primary N) is 1. The van der Waals surface area contributed by atoms with Gasteiger partial charge in [-0.1, -0.05) is 0 Å². The van der Waals surface area contributed by atoms with E-state index in [9.17, 15) is 9.18 Å². The Morgan fingerprint density at radius 2 is 2.06 bits per heavy atom. The van der Waals surface area contributed by atoms with Gasteiger partial charge < -0.3 is 15.4 Å². The first-order chi connectivity index (χ1) is 8.60. The topological polar surface area (TPSA) is 55.6 Å². The van der Waals surface area contributed by atoms with Crippen LogP contribution in [0, 0.1) is 5.82 Å². The number of piperidine rings is 1. The molecule has 1 heterocycles. The highest BCUT2D eigenvalue weighted by Gasteiger charge is 2.18. The zero-order chi connectivity index (χ0) is 13.1. The van der Waals surface area contributed by atoms with Gasteiger partial charge in [0.25, 0.3) is 0 Å². The smallest absolute Gasteiger partial charge is 0.338 e. The monoisotopic (exact) mass is 252 g/mol. The Hall–Kier alpha value is -1.62. The van der Waals surface area contributed by atoms with Crippen LogP contribution in [0.2, 0.25) is 0 Å². The first-order valence-electron chi connectivity index (χ1n) is 5.99. The lowest BCUT2D eigenvalue weighted by Gasteiger charge is -2.32. The molecule has 0 atom stereocenters. The van der Waals surface area contributed by atoms with Crippen LogP contribution in [0.1, 0.15) is 23.2 Å². The number of nitrogens with zero attached hydrogens (tertiary/aromatic N) is 1. The fraction of sp³-hybridized carbons (Fsp3) is 0.462. The van der Waals surface area contributed by atoms with Gasteiger partial charge >= 0.3 is 5.97 Å². The molecule has 0 bridgehead atoms. The molecule has 0 aliphatic carbocycles. The van der Waals surface area contributed by atoms with Gasteiger partial charge in [0.05, 0.1) is 12.7 Å². The molecule has 0 saturated carbocycles. The number of rotatable bonds is 2. The zero-order valence-corrected chi connectivity index (χ0v) is 10.4. The number of halogens is 1. The minimum absolute atomic E-state index is 0.217. The summed E-state index contributed by atoms with van der Waals surface area (Å²) < 4.78 is 18.1. The second-order valence-electron chi connectivity index (χ2n) is 4.51. The molecule has 2 rings (SSSR count). The number of ether oxygens (including phenoxy) is 1. The molecule has 0 radical (unpaired) electrons. The number of hydrogen-bond donors (Lipinski definition) is 1. The van der Waals surface area contributed by atoms with Gasteiger partial charge in [0.1, 0.15) is 5.82 Å². The molecule has 0 aromatic heterocycles. The summed E-state index contributed by atoms with van der Waals surface area (Å²) in [5.74, 6) is -0.952. The maximum atomic E-state index is 13.5. The van der Waals surface area contributed by atoms with Crippen molar-refractivity contribution in [3.63, 3.8) is 0 Å². The van der Waals surface area contributed by atoms with Gasteiger partial charge in [-0.15, -0.1) is 0 Å². The summed E-state index contributed by atoms with van der Waals surface area (Å²) in [5, 5.41) is 0. The lowest BCUT2D eigenvalue weighted by molar-refractivity contribution is 0.0600. The van der Waals surface area contributed by atoms with Crippen LogP contribution in [0.25, 0.3) is 0 Å². The third kappa shape index (κ3) is 2.79. The third-order valence-electron chi connectivity index (χ3n) is 3.21. The lowest BCUT2D eigenvalue weighted by atomic mass is 10.0. The highest BCUT2D eigenvalue weighted by molar-refractivity contribution is 5.90. The number of hydrogen-bond acceptors (Lipinski definition) is 4. The van der Waals surface area contributed by atoms with Crippen LogP contribution in [-0.2, 0) is 4.74 Å². The van der Waals surface area contributed by atoms with Crippen molar-refractivity contribution in [2.75, 3.05) is 25.1 Å². The summed E-state index contributed by atoms with van der Waals surface area (Å²) in [6, 6.07) is 4.50. The molecule has 0 unspecified atom stereocenters. The molecule has 0 spiro atoms. The van der Waals surface area contributed by atoms with Crippen LogP contribution >= 0.6 is 0 Å². The molecular weight excluding hydrogens is 235 g/mol. The molecule has 1 aliphatic rings. The van der Waals surface area contributed by atoms with Crippen molar-refractivity contribution in [1.82, 2.24) is 0 Å². The molecule has 2 N–H and O–H groups in total. The van der Waals surface area contributed by atoms with Gasteiger partial charge in [-0.05, 0) is 31.0 Å². The van der Waals surface area contributed by atoms with E-state index in [-0.39, 0.29) is 11.6 Å². The highest BCUT2D eigenvalue weighted by atomic mass is 19.1. The molecule has 4 nitrogen and oxygen atoms in total. The van der Waals surface area contributed by atoms with E-state index in [0.717, 1.165) is 25.9 Å². The third-order valence-corrected chi connectivity index (χ3v) is 3.21. The zero-order valence-electron chi connectivity index (χ0n) is 10.4. The predicted molar refractivity (Wildman–Crippen MR) is 67.2 cm³/mol. The van der Waals surface area contributed by atoms with Gasteiger partial charge in [-0.2, -0.15) is 0 Å². The number of benzene rings is 1. The van der Waals surface area contributed by atoms with Gasteiger partial charge in [-0.3, -0.25) is 0 Å². The molecule has 1 fully saturated rings. The summed E-state index contributed by atoms with van der Waals surface area (Å²) in [6.45, 7) is 1.57. The number of anilines is 1. The van der Waals surface area contributed by atoms with E-state index in [1.807, 2.05) is 4.90 Å². The lowest BCUT2D eigenvalue weighted by Crippen LogP contribution is -2.39. The Kier molecular flexibility index (Phi) is 3.81. The largest absolute Gasteiger partial charge is 0.465 e. The number of carbonyl (C=O) groups is 1. The Morgan fingerprint density at radius 1 is 1.39 bits per heavy atom. The summed E-state index contributed by atoms with van der Waals surface area (Å²) in [6.07, 6.45) is 1.76. The van der Waals surface area contributed by atoms with Crippen LogP contribution in [0.3, 0.4) is 0 Å². The fourth-order valence-corrected chi connectivity index (χ4v) is 2.15. The minimum Gasteiger partial charge on any atom is -0.465 e. The van der Waals surface area contributed by atoms with E-state index >= 15 is 0 Å². The molecule has 98 valence electrons. The van der Waals surface area contributed by atoms with E-state index in [4.69, 9.17) is 5.73 Å². The minimum atomic E-state index is -0.524. The van der Waals surface area contributed by atoms with Crippen LogP contribution < -0.4 is 10.6 Å². The Balaban J connectivity index is 2.22. The van der Waals surface area contributed by atoms with Gasteiger partial charge in [-0.25, -0.2) is 9.18 Å². The van der Waals surface area contributed by atoms with Gasteiger partial charge in [0, 0.05) is 24.8 Å². The molecule has 1 aromatic carbocycles. The normalized spacial score (nSPS) is 16.7. The van der Waals surface area contributed by atoms with E-state index in [1.165, 1.54) is 19.2 Å². The van der Waals surface area contributed by atoms with E-state index in [1.54, 1.807) is 6.07 Å². The molecule has 1 aromatic rings. The Bertz CT molecular complexity index is 443. The Morgan fingerprint density at radius 3 is 2.67 bits per heavy atom. The van der Waals surface area contributed by atoms with Gasteiger partial charge in [0.2, 0.25) is 0 Å². The fourth-order valence-electron chi connectivity index (χ4n) is 2.15. The molecule has 1 aliphatic heterocycles. The highest BCUT2D eigenvalue weighted by Crippen LogP contribution is 2.22. The summed E-state index contributed by atoms with van der Waals surface area (Å²) in [4.78, 5) is 13.5. The number of carbonyl (C=O) groups excluding carboxylic acids is 1. The summed E-state index contributed by atoms with van der Waals surface area (Å²) in [5.41, 5.74) is 6.78. The second kappa shape index (κ2) is 5.35. The Labute approximate surface area is 106 Å². The van der Waals surface area contributed by atoms with Crippen molar-refractivity contribution in [2.45, 2.75) is 18.9 Å². The number of methoxy groups -OCH3 is 1. The number of esters is 1. The maximum absolute atomic E-state index is 13.5. The van der Waals surface area contributed by atoms with E-state index < -0.39 is 11.8 Å². The van der Waals surface area contributed by atoms with Crippen molar-refractivity contribution >= 4 is 11.7 Å². The molecule has 18 heavy (non-hydrogen) atoms. The van der Waals surface area contributed by atoms with Crippen molar-refractivity contribution in [3.8, 4) is 0 Å². The molecule has 1 saturated heterocycles. The quantitative estimate of drug-likeness (QED) is 0.811. The van der Waals surface area contributed by atoms with E-state index in [2.05, 4.69) is 4.74 Å². The average molecular weight is 252 g/mol. The average Bonchev–Trinajstić information content (AvgIpc) is 2.38. The molecule has 0 amide bonds. The molecular formula is C13H17FN2O2. The first-order valence-corrected chi connectivity index (χ1v) is 5.99. The van der Waals surface area contributed by atoms with Crippen LogP contribution in [0.5, 0.6) is 0 Å². The van der Waals surface area contributed by atoms with Crippen molar-refractivity contribution in [2.24, 2.45) is 5.73 Å². The van der Waals surface area contributed by atoms with Crippen molar-refractivity contribution < 1.29 is 13.9 Å². The summed E-state index contributed by atoms with van der Waals surface area (Å²) >= 11 is 0. The summed E-state index contributed by atoms with van der Waals surface area (Å²) in [7, 11) is 1.28. The maximum Gasteiger partial charge on any atom is 0.338 e. The first kappa shape index (κ1) is 12.8. The molecule has 5 heteroatoms. The van der Waals surface area contributed by atoms with Crippen LogP contribution in [0.15, 0.2) is 18.2 Å². The van der Waals surface area contributed by atoms with Crippen molar-refractivity contribution in [3.05, 3.63) is 29.6 Å². The van der Waals surface area contributed by atoms with Gasteiger partial charge in [0.15, 0.2) is 0 Å².